The Kier molecular flexibility index (Phi) is 3.05. The number of amides is 1. The monoisotopic (exact) mass is 203 g/mol. The number of carbonyl (C=O) groups is 1. The Balaban J connectivity index is 2.11. The molecule has 0 aromatic heterocycles. The van der Waals surface area contributed by atoms with Gasteiger partial charge in [0.05, 0.1) is 6.42 Å². The molecule has 2 nitrogen and oxygen atoms in total. The Bertz CT molecular complexity index is 359. The second kappa shape index (κ2) is 4.47. The van der Waals surface area contributed by atoms with Crippen LogP contribution in [0.4, 0.5) is 0 Å². The first-order valence-corrected chi connectivity index (χ1v) is 5.66. The molecule has 15 heavy (non-hydrogen) atoms. The first kappa shape index (κ1) is 10.2. The highest BCUT2D eigenvalue weighted by atomic mass is 16.2. The highest BCUT2D eigenvalue weighted by Crippen LogP contribution is 2.19. The van der Waals surface area contributed by atoms with Crippen molar-refractivity contribution in [3.63, 3.8) is 0 Å². The number of hydrogen-bond acceptors (Lipinski definition) is 1. The molecule has 0 atom stereocenters. The summed E-state index contributed by atoms with van der Waals surface area (Å²) in [6, 6.07) is 8.24. The van der Waals surface area contributed by atoms with Gasteiger partial charge >= 0.3 is 0 Å². The molecule has 1 aliphatic heterocycles. The van der Waals surface area contributed by atoms with E-state index in [1.54, 1.807) is 0 Å². The van der Waals surface area contributed by atoms with Crippen LogP contribution in [0.15, 0.2) is 24.3 Å². The number of nitrogens with zero attached hydrogens (tertiary/aromatic N) is 1. The molecule has 0 radical (unpaired) electrons. The third-order valence-electron chi connectivity index (χ3n) is 2.96. The van der Waals surface area contributed by atoms with Gasteiger partial charge in [-0.15, -0.1) is 0 Å². The molecule has 1 heterocycles. The van der Waals surface area contributed by atoms with E-state index >= 15 is 0 Å². The summed E-state index contributed by atoms with van der Waals surface area (Å²) in [6.07, 6.45) is 2.83. The molecule has 2 rings (SSSR count). The van der Waals surface area contributed by atoms with E-state index in [-0.39, 0.29) is 5.91 Å². The van der Waals surface area contributed by atoms with Gasteiger partial charge in [0.1, 0.15) is 0 Å². The molecule has 2 heteroatoms. The molecule has 0 fully saturated rings. The van der Waals surface area contributed by atoms with Crippen molar-refractivity contribution in [2.45, 2.75) is 32.7 Å². The zero-order valence-electron chi connectivity index (χ0n) is 9.20. The first-order valence-electron chi connectivity index (χ1n) is 5.66. The molecule has 0 bridgehead atoms. The Morgan fingerprint density at radius 3 is 2.73 bits per heavy atom. The van der Waals surface area contributed by atoms with Gasteiger partial charge in [0.25, 0.3) is 0 Å². The summed E-state index contributed by atoms with van der Waals surface area (Å²) >= 11 is 0. The summed E-state index contributed by atoms with van der Waals surface area (Å²) in [7, 11) is 0. The summed E-state index contributed by atoms with van der Waals surface area (Å²) < 4.78 is 0. The maximum atomic E-state index is 11.8. The molecule has 1 aromatic carbocycles. The fourth-order valence-corrected chi connectivity index (χ4v) is 2.01. The standard InChI is InChI=1S/C13H17NO/c1-2-3-8-14-10-12-7-5-4-6-11(12)9-13(14)15/h4-7H,2-3,8-10H2,1H3. The smallest absolute Gasteiger partial charge is 0.227 e. The second-order valence-corrected chi connectivity index (χ2v) is 4.11. The normalized spacial score (nSPS) is 15.3. The lowest BCUT2D eigenvalue weighted by Crippen LogP contribution is -2.36. The zero-order chi connectivity index (χ0) is 10.7. The van der Waals surface area contributed by atoms with Gasteiger partial charge in [-0.1, -0.05) is 37.6 Å². The van der Waals surface area contributed by atoms with E-state index in [2.05, 4.69) is 19.1 Å². The summed E-state index contributed by atoms with van der Waals surface area (Å²) in [4.78, 5) is 13.8. The maximum Gasteiger partial charge on any atom is 0.227 e. The van der Waals surface area contributed by atoms with Crippen LogP contribution >= 0.6 is 0 Å². The average molecular weight is 203 g/mol. The topological polar surface area (TPSA) is 20.3 Å². The van der Waals surface area contributed by atoms with Gasteiger partial charge in [-0.2, -0.15) is 0 Å². The van der Waals surface area contributed by atoms with Crippen molar-refractivity contribution in [2.75, 3.05) is 6.54 Å². The van der Waals surface area contributed by atoms with Crippen LogP contribution in [0.1, 0.15) is 30.9 Å². The van der Waals surface area contributed by atoms with Crippen LogP contribution in [0, 0.1) is 0 Å². The van der Waals surface area contributed by atoms with Crippen LogP contribution in [-0.2, 0) is 17.8 Å². The van der Waals surface area contributed by atoms with Crippen LogP contribution in [0.25, 0.3) is 0 Å². The fourth-order valence-electron chi connectivity index (χ4n) is 2.01. The molecule has 0 aliphatic carbocycles. The van der Waals surface area contributed by atoms with E-state index in [0.29, 0.717) is 6.42 Å². The minimum Gasteiger partial charge on any atom is -0.338 e. The van der Waals surface area contributed by atoms with Gasteiger partial charge in [-0.3, -0.25) is 4.79 Å². The van der Waals surface area contributed by atoms with Gasteiger partial charge in [-0.05, 0) is 17.5 Å². The summed E-state index contributed by atoms with van der Waals surface area (Å²) in [6.45, 7) is 3.86. The minimum absolute atomic E-state index is 0.280. The molecule has 0 spiro atoms. The van der Waals surface area contributed by atoms with Crippen molar-refractivity contribution < 1.29 is 4.79 Å². The van der Waals surface area contributed by atoms with Crippen molar-refractivity contribution in [3.8, 4) is 0 Å². The zero-order valence-corrected chi connectivity index (χ0v) is 9.20. The Morgan fingerprint density at radius 1 is 1.27 bits per heavy atom. The molecule has 1 aliphatic rings. The van der Waals surface area contributed by atoms with Gasteiger partial charge in [0.15, 0.2) is 0 Å². The lowest BCUT2D eigenvalue weighted by molar-refractivity contribution is -0.132. The van der Waals surface area contributed by atoms with Gasteiger partial charge in [0.2, 0.25) is 5.91 Å². The summed E-state index contributed by atoms with van der Waals surface area (Å²) in [5.41, 5.74) is 2.52. The first-order chi connectivity index (χ1) is 7.31. The van der Waals surface area contributed by atoms with Crippen LogP contribution in [0.3, 0.4) is 0 Å². The third kappa shape index (κ3) is 2.20. The van der Waals surface area contributed by atoms with Crippen LogP contribution in [0.2, 0.25) is 0 Å². The molecule has 0 N–H and O–H groups in total. The maximum absolute atomic E-state index is 11.8. The van der Waals surface area contributed by atoms with E-state index in [1.807, 2.05) is 17.0 Å². The highest BCUT2D eigenvalue weighted by molar-refractivity contribution is 5.80. The fraction of sp³-hybridized carbons (Fsp3) is 0.462. The van der Waals surface area contributed by atoms with Crippen molar-refractivity contribution in [1.29, 1.82) is 0 Å². The van der Waals surface area contributed by atoms with Crippen molar-refractivity contribution in [1.82, 2.24) is 4.90 Å². The molecule has 0 saturated heterocycles. The van der Waals surface area contributed by atoms with Crippen molar-refractivity contribution >= 4 is 5.91 Å². The predicted molar refractivity (Wildman–Crippen MR) is 60.5 cm³/mol. The van der Waals surface area contributed by atoms with Crippen molar-refractivity contribution in [2.24, 2.45) is 0 Å². The largest absolute Gasteiger partial charge is 0.338 e. The number of hydrogen-bond donors (Lipinski definition) is 0. The molecule has 0 unspecified atom stereocenters. The molecule has 1 aromatic rings. The van der Waals surface area contributed by atoms with E-state index in [1.165, 1.54) is 11.1 Å². The van der Waals surface area contributed by atoms with Crippen LogP contribution in [0.5, 0.6) is 0 Å². The summed E-state index contributed by atoms with van der Waals surface area (Å²) in [5, 5.41) is 0. The third-order valence-corrected chi connectivity index (χ3v) is 2.96. The predicted octanol–water partition coefficient (Wildman–Crippen LogP) is 2.37. The van der Waals surface area contributed by atoms with Gasteiger partial charge in [0, 0.05) is 13.1 Å². The second-order valence-electron chi connectivity index (χ2n) is 4.11. The summed E-state index contributed by atoms with van der Waals surface area (Å²) in [5.74, 6) is 0.280. The number of benzene rings is 1. The molecule has 0 saturated carbocycles. The van der Waals surface area contributed by atoms with E-state index < -0.39 is 0 Å². The Morgan fingerprint density at radius 2 is 2.00 bits per heavy atom. The van der Waals surface area contributed by atoms with Crippen LogP contribution < -0.4 is 0 Å². The lowest BCUT2D eigenvalue weighted by atomic mass is 9.99. The van der Waals surface area contributed by atoms with E-state index in [0.717, 1.165) is 25.9 Å². The van der Waals surface area contributed by atoms with Gasteiger partial charge in [-0.25, -0.2) is 0 Å². The molecular formula is C13H17NO. The highest BCUT2D eigenvalue weighted by Gasteiger charge is 2.21. The Labute approximate surface area is 90.9 Å². The van der Waals surface area contributed by atoms with E-state index in [4.69, 9.17) is 0 Å². The molecule has 80 valence electrons. The average Bonchev–Trinajstić information content (AvgIpc) is 2.26. The van der Waals surface area contributed by atoms with E-state index in [9.17, 15) is 4.79 Å². The number of rotatable bonds is 3. The lowest BCUT2D eigenvalue weighted by Gasteiger charge is -2.28. The van der Waals surface area contributed by atoms with Gasteiger partial charge < -0.3 is 4.90 Å². The number of carbonyl (C=O) groups excluding carboxylic acids is 1. The quantitative estimate of drug-likeness (QED) is 0.738. The number of unbranched alkanes of at least 4 members (excludes halogenated alkanes) is 1. The van der Waals surface area contributed by atoms with Crippen LogP contribution in [-0.4, -0.2) is 17.4 Å². The molecular weight excluding hydrogens is 186 g/mol. The molecule has 1 amide bonds. The Hall–Kier alpha value is -1.31. The SMILES string of the molecule is CCCCN1Cc2ccccc2CC1=O. The number of fused-ring (bicyclic) bond motifs is 1. The minimum atomic E-state index is 0.280. The van der Waals surface area contributed by atoms with Crippen molar-refractivity contribution in [3.05, 3.63) is 35.4 Å².